The lowest BCUT2D eigenvalue weighted by Gasteiger charge is -2.33. The summed E-state index contributed by atoms with van der Waals surface area (Å²) in [4.78, 5) is 24.1. The van der Waals surface area contributed by atoms with Gasteiger partial charge in [-0.2, -0.15) is 0 Å². The summed E-state index contributed by atoms with van der Waals surface area (Å²) in [5.41, 5.74) is 3.10. The second-order valence-electron chi connectivity index (χ2n) is 8.21. The van der Waals surface area contributed by atoms with Crippen molar-refractivity contribution in [2.45, 2.75) is 44.9 Å². The summed E-state index contributed by atoms with van der Waals surface area (Å²) in [7, 11) is -3.24. The second kappa shape index (κ2) is 8.43. The summed E-state index contributed by atoms with van der Waals surface area (Å²) in [6.45, 7) is 3.48. The minimum atomic E-state index is -3.24. The Labute approximate surface area is 178 Å². The van der Waals surface area contributed by atoms with Crippen molar-refractivity contribution in [2.75, 3.05) is 30.8 Å². The Balaban J connectivity index is 1.62. The first kappa shape index (κ1) is 20.9. The zero-order valence-corrected chi connectivity index (χ0v) is 18.4. The zero-order valence-electron chi connectivity index (χ0n) is 17.5. The molecular formula is C22H28N4O3S. The first-order valence-electron chi connectivity index (χ1n) is 10.5. The zero-order chi connectivity index (χ0) is 21.3. The van der Waals surface area contributed by atoms with E-state index in [1.807, 2.05) is 25.1 Å². The highest BCUT2D eigenvalue weighted by atomic mass is 32.2. The number of hydrogen-bond donors (Lipinski definition) is 0. The van der Waals surface area contributed by atoms with Gasteiger partial charge >= 0.3 is 0 Å². The number of piperidine rings is 1. The number of carbonyl (C=O) groups excluding carboxylic acids is 1. The third-order valence-corrected chi connectivity index (χ3v) is 7.31. The van der Waals surface area contributed by atoms with Gasteiger partial charge < -0.3 is 0 Å². The fourth-order valence-corrected chi connectivity index (χ4v) is 5.27. The average molecular weight is 429 g/mol. The van der Waals surface area contributed by atoms with E-state index >= 15 is 0 Å². The van der Waals surface area contributed by atoms with E-state index in [2.05, 4.69) is 12.1 Å². The van der Waals surface area contributed by atoms with Gasteiger partial charge in [0.15, 0.2) is 0 Å². The molecule has 2 aliphatic rings. The topological polar surface area (TPSA) is 83.5 Å². The van der Waals surface area contributed by atoms with Crippen molar-refractivity contribution < 1.29 is 13.2 Å². The molecule has 1 atom stereocenters. The van der Waals surface area contributed by atoms with Crippen molar-refractivity contribution in [3.8, 4) is 0 Å². The molecule has 1 amide bonds. The highest BCUT2D eigenvalue weighted by molar-refractivity contribution is 7.88. The molecule has 1 aromatic carbocycles. The average Bonchev–Trinajstić information content (AvgIpc) is 2.73. The Morgan fingerprint density at radius 1 is 1.13 bits per heavy atom. The molecule has 1 saturated heterocycles. The van der Waals surface area contributed by atoms with Crippen molar-refractivity contribution in [2.24, 2.45) is 0 Å². The summed E-state index contributed by atoms with van der Waals surface area (Å²) in [5.74, 6) is 1.40. The molecule has 4 rings (SSSR count). The second-order valence-corrected chi connectivity index (χ2v) is 10.2. The number of amides is 1. The van der Waals surface area contributed by atoms with Crippen LogP contribution in [0.3, 0.4) is 0 Å². The molecule has 0 radical (unpaired) electrons. The van der Waals surface area contributed by atoms with Crippen molar-refractivity contribution in [1.82, 2.24) is 14.3 Å². The summed E-state index contributed by atoms with van der Waals surface area (Å²) < 4.78 is 25.5. The van der Waals surface area contributed by atoms with Gasteiger partial charge in [0.1, 0.15) is 11.6 Å². The fourth-order valence-electron chi connectivity index (χ4n) is 4.36. The first-order chi connectivity index (χ1) is 14.3. The standard InChI is InChI=1S/C22H28N4O3S/c1-16-19-10-11-20(27)26(14-12-17-7-4-3-5-8-17)22(19)24-21(23-16)18-9-6-13-25(15-18)30(2,28)29/h3-5,7-8,18H,6,9-15H2,1-2H3. The molecule has 0 spiro atoms. The Morgan fingerprint density at radius 3 is 2.63 bits per heavy atom. The monoisotopic (exact) mass is 428 g/mol. The number of nitrogens with zero attached hydrogens (tertiary/aromatic N) is 4. The van der Waals surface area contributed by atoms with Gasteiger partial charge in [-0.15, -0.1) is 0 Å². The number of fused-ring (bicyclic) bond motifs is 1. The Kier molecular flexibility index (Phi) is 5.88. The molecule has 30 heavy (non-hydrogen) atoms. The summed E-state index contributed by atoms with van der Waals surface area (Å²) in [6.07, 6.45) is 4.77. The van der Waals surface area contributed by atoms with E-state index in [0.717, 1.165) is 30.5 Å². The third kappa shape index (κ3) is 4.39. The predicted molar refractivity (Wildman–Crippen MR) is 116 cm³/mol. The number of anilines is 1. The van der Waals surface area contributed by atoms with Crippen molar-refractivity contribution >= 4 is 21.7 Å². The van der Waals surface area contributed by atoms with Crippen molar-refractivity contribution in [1.29, 1.82) is 0 Å². The van der Waals surface area contributed by atoms with E-state index in [0.29, 0.717) is 44.1 Å². The van der Waals surface area contributed by atoms with Crippen LogP contribution in [0.2, 0.25) is 0 Å². The van der Waals surface area contributed by atoms with Crippen molar-refractivity contribution in [3.63, 3.8) is 0 Å². The lowest BCUT2D eigenvalue weighted by molar-refractivity contribution is -0.118. The van der Waals surface area contributed by atoms with E-state index in [9.17, 15) is 13.2 Å². The normalized spacial score (nSPS) is 20.3. The predicted octanol–water partition coefficient (Wildman–Crippen LogP) is 2.45. The van der Waals surface area contributed by atoms with Crippen LogP contribution in [0.1, 0.15) is 47.8 Å². The minimum Gasteiger partial charge on any atom is -0.296 e. The van der Waals surface area contributed by atoms with Crippen LogP contribution < -0.4 is 4.90 Å². The molecule has 0 N–H and O–H groups in total. The molecule has 2 aliphatic heterocycles. The van der Waals surface area contributed by atoms with Gasteiger partial charge in [-0.3, -0.25) is 9.69 Å². The van der Waals surface area contributed by atoms with Gasteiger partial charge in [0.2, 0.25) is 15.9 Å². The molecule has 7 nitrogen and oxygen atoms in total. The number of rotatable bonds is 5. The number of benzene rings is 1. The molecule has 3 heterocycles. The van der Waals surface area contributed by atoms with Gasteiger partial charge in [-0.1, -0.05) is 30.3 Å². The van der Waals surface area contributed by atoms with Gasteiger partial charge in [0, 0.05) is 43.2 Å². The van der Waals surface area contributed by atoms with Gasteiger partial charge in [0.25, 0.3) is 0 Å². The molecule has 2 aromatic rings. The third-order valence-electron chi connectivity index (χ3n) is 6.04. The lowest BCUT2D eigenvalue weighted by atomic mass is 9.97. The SMILES string of the molecule is Cc1nc(C2CCCN(S(C)(=O)=O)C2)nc2c1CCC(=O)N2CCc1ccccc1. The Morgan fingerprint density at radius 2 is 1.90 bits per heavy atom. The van der Waals surface area contributed by atoms with Crippen LogP contribution in [-0.4, -0.2) is 54.5 Å². The maximum absolute atomic E-state index is 12.7. The highest BCUT2D eigenvalue weighted by Gasteiger charge is 2.32. The van der Waals surface area contributed by atoms with Gasteiger partial charge in [-0.25, -0.2) is 22.7 Å². The molecule has 1 fully saturated rings. The maximum Gasteiger partial charge on any atom is 0.228 e. The lowest BCUT2D eigenvalue weighted by Crippen LogP contribution is -2.40. The summed E-state index contributed by atoms with van der Waals surface area (Å²) >= 11 is 0. The maximum atomic E-state index is 12.7. The van der Waals surface area contributed by atoms with Gasteiger partial charge in [-0.05, 0) is 38.2 Å². The quantitative estimate of drug-likeness (QED) is 0.730. The van der Waals surface area contributed by atoms with E-state index in [1.165, 1.54) is 16.1 Å². The van der Waals surface area contributed by atoms with Crippen LogP contribution >= 0.6 is 0 Å². The van der Waals surface area contributed by atoms with Crippen LogP contribution in [0.25, 0.3) is 0 Å². The Bertz CT molecular complexity index is 1040. The summed E-state index contributed by atoms with van der Waals surface area (Å²) in [6, 6.07) is 10.1. The highest BCUT2D eigenvalue weighted by Crippen LogP contribution is 2.32. The number of sulfonamides is 1. The van der Waals surface area contributed by atoms with E-state index in [4.69, 9.17) is 9.97 Å². The largest absolute Gasteiger partial charge is 0.296 e. The van der Waals surface area contributed by atoms with E-state index < -0.39 is 10.0 Å². The fraction of sp³-hybridized carbons (Fsp3) is 0.500. The van der Waals surface area contributed by atoms with Crippen molar-refractivity contribution in [3.05, 3.63) is 53.0 Å². The molecule has 8 heteroatoms. The van der Waals surface area contributed by atoms with Crippen LogP contribution in [0.15, 0.2) is 30.3 Å². The smallest absolute Gasteiger partial charge is 0.228 e. The molecule has 0 bridgehead atoms. The molecule has 1 unspecified atom stereocenters. The van der Waals surface area contributed by atoms with Crippen LogP contribution in [0.5, 0.6) is 0 Å². The van der Waals surface area contributed by atoms with Crippen LogP contribution in [0.4, 0.5) is 5.82 Å². The molecule has 0 saturated carbocycles. The van der Waals surface area contributed by atoms with Crippen LogP contribution in [-0.2, 0) is 27.7 Å². The van der Waals surface area contributed by atoms with E-state index in [1.54, 1.807) is 4.90 Å². The molecular weight excluding hydrogens is 400 g/mol. The molecule has 0 aliphatic carbocycles. The number of aromatic nitrogens is 2. The number of carbonyl (C=O) groups is 1. The minimum absolute atomic E-state index is 0.0505. The molecule has 1 aromatic heterocycles. The van der Waals surface area contributed by atoms with Crippen LogP contribution in [0, 0.1) is 6.92 Å². The Hall–Kier alpha value is -2.32. The van der Waals surface area contributed by atoms with E-state index in [-0.39, 0.29) is 11.8 Å². The summed E-state index contributed by atoms with van der Waals surface area (Å²) in [5, 5.41) is 0. The molecule has 160 valence electrons. The number of aryl methyl sites for hydroxylation is 1. The first-order valence-corrected chi connectivity index (χ1v) is 12.3. The number of hydrogen-bond acceptors (Lipinski definition) is 5. The van der Waals surface area contributed by atoms with Gasteiger partial charge in [0.05, 0.1) is 6.26 Å².